The van der Waals surface area contributed by atoms with Crippen LogP contribution in [0.1, 0.15) is 20.8 Å². The Kier molecular flexibility index (Phi) is 6.07. The predicted octanol–water partition coefficient (Wildman–Crippen LogP) is 1.12. The highest BCUT2D eigenvalue weighted by Gasteiger charge is 2.29. The summed E-state index contributed by atoms with van der Waals surface area (Å²) >= 11 is 0. The van der Waals surface area contributed by atoms with Gasteiger partial charge in [-0.2, -0.15) is 4.72 Å². The zero-order valence-electron chi connectivity index (χ0n) is 12.9. The summed E-state index contributed by atoms with van der Waals surface area (Å²) in [5.74, 6) is -1.16. The second kappa shape index (κ2) is 7.37. The van der Waals surface area contributed by atoms with E-state index < -0.39 is 22.0 Å². The Morgan fingerprint density at radius 2 is 1.68 bits per heavy atom. The van der Waals surface area contributed by atoms with Crippen molar-refractivity contribution >= 4 is 27.6 Å². The van der Waals surface area contributed by atoms with Gasteiger partial charge in [-0.1, -0.05) is 13.8 Å². The van der Waals surface area contributed by atoms with Crippen LogP contribution in [-0.2, 0) is 24.3 Å². The van der Waals surface area contributed by atoms with Crippen molar-refractivity contribution < 1.29 is 22.7 Å². The Morgan fingerprint density at radius 3 is 2.09 bits per heavy atom. The minimum atomic E-state index is -3.87. The number of methoxy groups -OCH3 is 1. The molecule has 0 saturated heterocycles. The summed E-state index contributed by atoms with van der Waals surface area (Å²) in [6.45, 7) is 4.78. The average molecular weight is 328 g/mol. The van der Waals surface area contributed by atoms with Crippen LogP contribution in [0.25, 0.3) is 0 Å². The summed E-state index contributed by atoms with van der Waals surface area (Å²) in [5.41, 5.74) is 0.486. The van der Waals surface area contributed by atoms with E-state index in [2.05, 4.69) is 14.8 Å². The van der Waals surface area contributed by atoms with Crippen molar-refractivity contribution in [2.24, 2.45) is 5.92 Å². The number of anilines is 1. The molecule has 0 aliphatic rings. The molecule has 0 aromatic heterocycles. The molecule has 8 heteroatoms. The van der Waals surface area contributed by atoms with E-state index in [1.165, 1.54) is 38.3 Å². The first-order valence-electron chi connectivity index (χ1n) is 6.65. The number of esters is 1. The van der Waals surface area contributed by atoms with Crippen molar-refractivity contribution in [2.45, 2.75) is 31.7 Å². The first kappa shape index (κ1) is 18.1. The third-order valence-electron chi connectivity index (χ3n) is 2.89. The lowest BCUT2D eigenvalue weighted by atomic mass is 10.1. The SMILES string of the molecule is COC(=O)[C@H](NS(=O)(=O)c1ccc(NC(C)=O)cc1)C(C)C. The quantitative estimate of drug-likeness (QED) is 0.762. The summed E-state index contributed by atoms with van der Waals surface area (Å²) in [4.78, 5) is 22.6. The molecule has 122 valence electrons. The summed E-state index contributed by atoms with van der Waals surface area (Å²) in [7, 11) is -2.67. The molecule has 1 atom stereocenters. The van der Waals surface area contributed by atoms with Gasteiger partial charge in [0.15, 0.2) is 0 Å². The Bertz CT molecular complexity index is 638. The number of amides is 1. The van der Waals surface area contributed by atoms with E-state index in [1.54, 1.807) is 13.8 Å². The summed E-state index contributed by atoms with van der Waals surface area (Å²) < 4.78 is 31.5. The Labute approximate surface area is 130 Å². The maximum Gasteiger partial charge on any atom is 0.324 e. The normalized spacial score (nSPS) is 12.8. The van der Waals surface area contributed by atoms with E-state index >= 15 is 0 Å². The molecule has 0 aliphatic heterocycles. The third kappa shape index (κ3) is 4.81. The van der Waals surface area contributed by atoms with Gasteiger partial charge in [0, 0.05) is 12.6 Å². The zero-order chi connectivity index (χ0) is 16.9. The van der Waals surface area contributed by atoms with Gasteiger partial charge in [0.05, 0.1) is 12.0 Å². The Hall–Kier alpha value is -1.93. The van der Waals surface area contributed by atoms with Crippen molar-refractivity contribution in [1.29, 1.82) is 0 Å². The lowest BCUT2D eigenvalue weighted by molar-refractivity contribution is -0.143. The summed E-state index contributed by atoms with van der Waals surface area (Å²) in [6.07, 6.45) is 0. The average Bonchev–Trinajstić information content (AvgIpc) is 2.43. The number of ether oxygens (including phenoxy) is 1. The van der Waals surface area contributed by atoms with E-state index in [-0.39, 0.29) is 16.7 Å². The van der Waals surface area contributed by atoms with Crippen LogP contribution in [0.5, 0.6) is 0 Å². The highest BCUT2D eigenvalue weighted by Crippen LogP contribution is 2.16. The van der Waals surface area contributed by atoms with E-state index in [9.17, 15) is 18.0 Å². The molecule has 0 spiro atoms. The molecule has 1 amide bonds. The lowest BCUT2D eigenvalue weighted by Crippen LogP contribution is -2.44. The van der Waals surface area contributed by atoms with Crippen molar-refractivity contribution in [2.75, 3.05) is 12.4 Å². The number of nitrogens with one attached hydrogen (secondary N) is 2. The largest absolute Gasteiger partial charge is 0.468 e. The highest BCUT2D eigenvalue weighted by molar-refractivity contribution is 7.89. The maximum absolute atomic E-state index is 12.3. The predicted molar refractivity (Wildman–Crippen MR) is 81.7 cm³/mol. The number of carbonyl (C=O) groups is 2. The first-order valence-corrected chi connectivity index (χ1v) is 8.13. The minimum absolute atomic E-state index is 0.00356. The molecular formula is C14H20N2O5S. The van der Waals surface area contributed by atoms with Gasteiger partial charge < -0.3 is 10.1 Å². The molecule has 1 aromatic carbocycles. The molecule has 0 fully saturated rings. The van der Waals surface area contributed by atoms with Gasteiger partial charge in [-0.05, 0) is 30.2 Å². The lowest BCUT2D eigenvalue weighted by Gasteiger charge is -2.19. The van der Waals surface area contributed by atoms with Crippen molar-refractivity contribution in [3.63, 3.8) is 0 Å². The van der Waals surface area contributed by atoms with Gasteiger partial charge in [-0.3, -0.25) is 9.59 Å². The van der Waals surface area contributed by atoms with Crippen LogP contribution in [-0.4, -0.2) is 33.4 Å². The monoisotopic (exact) mass is 328 g/mol. The molecule has 0 radical (unpaired) electrons. The van der Waals surface area contributed by atoms with Crippen LogP contribution < -0.4 is 10.0 Å². The Morgan fingerprint density at radius 1 is 1.14 bits per heavy atom. The molecule has 2 N–H and O–H groups in total. The van der Waals surface area contributed by atoms with E-state index in [0.29, 0.717) is 5.69 Å². The van der Waals surface area contributed by atoms with Crippen LogP contribution in [0.3, 0.4) is 0 Å². The van der Waals surface area contributed by atoms with Crippen molar-refractivity contribution in [1.82, 2.24) is 4.72 Å². The van der Waals surface area contributed by atoms with Crippen LogP contribution in [0.4, 0.5) is 5.69 Å². The van der Waals surface area contributed by atoms with E-state index in [1.807, 2.05) is 0 Å². The fourth-order valence-electron chi connectivity index (χ4n) is 1.74. The highest BCUT2D eigenvalue weighted by atomic mass is 32.2. The number of hydrogen-bond acceptors (Lipinski definition) is 5. The van der Waals surface area contributed by atoms with Crippen molar-refractivity contribution in [3.8, 4) is 0 Å². The van der Waals surface area contributed by atoms with Crippen LogP contribution in [0, 0.1) is 5.92 Å². The van der Waals surface area contributed by atoms with Gasteiger partial charge >= 0.3 is 5.97 Å². The summed E-state index contributed by atoms with van der Waals surface area (Å²) in [6, 6.07) is 4.67. The van der Waals surface area contributed by atoms with Gasteiger partial charge in [0.1, 0.15) is 6.04 Å². The molecular weight excluding hydrogens is 308 g/mol. The first-order chi connectivity index (χ1) is 10.2. The summed E-state index contributed by atoms with van der Waals surface area (Å²) in [5, 5.41) is 2.54. The van der Waals surface area contributed by atoms with E-state index in [4.69, 9.17) is 0 Å². The molecule has 22 heavy (non-hydrogen) atoms. The number of sulfonamides is 1. The third-order valence-corrected chi connectivity index (χ3v) is 4.35. The van der Waals surface area contributed by atoms with E-state index in [0.717, 1.165) is 0 Å². The molecule has 1 rings (SSSR count). The standard InChI is InChI=1S/C14H20N2O5S/c1-9(2)13(14(18)21-4)16-22(19,20)12-7-5-11(6-8-12)15-10(3)17/h5-9,13,16H,1-4H3,(H,15,17)/t13-/m1/s1. The topological polar surface area (TPSA) is 102 Å². The second-order valence-electron chi connectivity index (χ2n) is 5.07. The van der Waals surface area contributed by atoms with Crippen molar-refractivity contribution in [3.05, 3.63) is 24.3 Å². The zero-order valence-corrected chi connectivity index (χ0v) is 13.7. The van der Waals surface area contributed by atoms with Gasteiger partial charge in [-0.25, -0.2) is 8.42 Å². The smallest absolute Gasteiger partial charge is 0.324 e. The maximum atomic E-state index is 12.3. The van der Waals surface area contributed by atoms with Gasteiger partial charge in [-0.15, -0.1) is 0 Å². The van der Waals surface area contributed by atoms with Crippen LogP contribution in [0.15, 0.2) is 29.2 Å². The molecule has 0 aliphatic carbocycles. The molecule has 0 heterocycles. The fourth-order valence-corrected chi connectivity index (χ4v) is 3.07. The minimum Gasteiger partial charge on any atom is -0.468 e. The van der Waals surface area contributed by atoms with Gasteiger partial charge in [0.2, 0.25) is 15.9 Å². The van der Waals surface area contributed by atoms with Crippen LogP contribution in [0.2, 0.25) is 0 Å². The number of rotatable bonds is 6. The molecule has 0 bridgehead atoms. The van der Waals surface area contributed by atoms with Crippen LogP contribution >= 0.6 is 0 Å². The molecule has 0 saturated carbocycles. The number of benzene rings is 1. The number of carbonyl (C=O) groups excluding carboxylic acids is 2. The van der Waals surface area contributed by atoms with Gasteiger partial charge in [0.25, 0.3) is 0 Å². The molecule has 7 nitrogen and oxygen atoms in total. The number of hydrogen-bond donors (Lipinski definition) is 2. The Balaban J connectivity index is 2.98. The fraction of sp³-hybridized carbons (Fsp3) is 0.429. The molecule has 1 aromatic rings. The molecule has 0 unspecified atom stereocenters. The second-order valence-corrected chi connectivity index (χ2v) is 6.79.